The molecule has 0 saturated carbocycles. The number of rotatable bonds is 3. The Bertz CT molecular complexity index is 196. The van der Waals surface area contributed by atoms with Crippen LogP contribution in [0.4, 0.5) is 4.79 Å². The molecule has 0 aliphatic rings. The molecule has 0 aromatic rings. The summed E-state index contributed by atoms with van der Waals surface area (Å²) in [6.07, 6.45) is -0.870. The summed E-state index contributed by atoms with van der Waals surface area (Å²) >= 11 is 0. The molecule has 0 heterocycles. The van der Waals surface area contributed by atoms with Gasteiger partial charge in [-0.3, -0.25) is 9.63 Å². The number of carbonyl (C=O) groups excluding carboxylic acids is 2. The van der Waals surface area contributed by atoms with E-state index >= 15 is 0 Å². The van der Waals surface area contributed by atoms with Gasteiger partial charge in [0.05, 0.1) is 7.11 Å². The van der Waals surface area contributed by atoms with Crippen LogP contribution in [-0.2, 0) is 14.5 Å². The van der Waals surface area contributed by atoms with Crippen molar-refractivity contribution in [3.63, 3.8) is 0 Å². The van der Waals surface area contributed by atoms with Gasteiger partial charge in [0.25, 0.3) is 5.91 Å². The molecule has 0 saturated heterocycles. The molecule has 76 valence electrons. The van der Waals surface area contributed by atoms with E-state index in [2.05, 4.69) is 20.9 Å². The van der Waals surface area contributed by atoms with Gasteiger partial charge in [0, 0.05) is 7.05 Å². The van der Waals surface area contributed by atoms with Crippen molar-refractivity contribution in [1.82, 2.24) is 10.4 Å². The van der Waals surface area contributed by atoms with Crippen LogP contribution in [0.1, 0.15) is 6.92 Å². The minimum absolute atomic E-state index is 0.409. The number of nitrogens with one attached hydrogen (secondary N) is 1. The van der Waals surface area contributed by atoms with Crippen molar-refractivity contribution in [2.45, 2.75) is 13.0 Å². The number of carbonyl (C=O) groups is 2. The summed E-state index contributed by atoms with van der Waals surface area (Å²) in [7, 11) is 2.76. The number of hydroxylamine groups is 2. The summed E-state index contributed by atoms with van der Waals surface area (Å²) in [5.41, 5.74) is 0. The zero-order valence-corrected chi connectivity index (χ0v) is 7.73. The Hall–Kier alpha value is -1.34. The fourth-order valence-corrected chi connectivity index (χ4v) is 0.635. The van der Waals surface area contributed by atoms with Gasteiger partial charge in [-0.25, -0.2) is 9.86 Å². The Morgan fingerprint density at radius 3 is 2.46 bits per heavy atom. The highest BCUT2D eigenvalue weighted by atomic mass is 16.7. The van der Waals surface area contributed by atoms with Crippen LogP contribution in [0.5, 0.6) is 0 Å². The predicted octanol–water partition coefficient (Wildman–Crippen LogP) is -1.01. The second-order valence-electron chi connectivity index (χ2n) is 2.29. The lowest BCUT2D eigenvalue weighted by molar-refractivity contribution is -0.170. The largest absolute Gasteiger partial charge is 0.426 e. The summed E-state index contributed by atoms with van der Waals surface area (Å²) in [5, 5.41) is 3.17. The Balaban J connectivity index is 4.03. The molecule has 2 amide bonds. The highest BCUT2D eigenvalue weighted by Gasteiger charge is 2.19. The molecule has 0 fully saturated rings. The molecule has 1 atom stereocenters. The first-order valence-corrected chi connectivity index (χ1v) is 3.51. The first-order valence-electron chi connectivity index (χ1n) is 3.51. The van der Waals surface area contributed by atoms with E-state index in [1.165, 1.54) is 21.1 Å². The van der Waals surface area contributed by atoms with Gasteiger partial charge in [-0.05, 0) is 6.92 Å². The lowest BCUT2D eigenvalue weighted by Crippen LogP contribution is -2.45. The van der Waals surface area contributed by atoms with Crippen molar-refractivity contribution in [1.29, 1.82) is 0 Å². The number of nitrogens with two attached hydrogens (primary N) is 1. The lowest BCUT2D eigenvalue weighted by Gasteiger charge is -2.18. The number of likely N-dealkylation sites (N-methyl/N-ethyl adjacent to an activating group) is 1. The molecule has 3 N–H and O–H groups in total. The maximum Gasteiger partial charge on any atom is 0.426 e. The average Bonchev–Trinajstić information content (AvgIpc) is 2.14. The predicted molar refractivity (Wildman–Crippen MR) is 43.0 cm³/mol. The van der Waals surface area contributed by atoms with Gasteiger partial charge in [0.2, 0.25) is 0 Å². The van der Waals surface area contributed by atoms with Crippen molar-refractivity contribution in [2.75, 3.05) is 14.2 Å². The number of hydrogen-bond donors (Lipinski definition) is 2. The van der Waals surface area contributed by atoms with Gasteiger partial charge in [0.1, 0.15) is 6.04 Å². The summed E-state index contributed by atoms with van der Waals surface area (Å²) in [6, 6.07) is -0.749. The minimum atomic E-state index is -0.870. The topological polar surface area (TPSA) is 93.9 Å². The van der Waals surface area contributed by atoms with Crippen LogP contribution in [0.15, 0.2) is 0 Å². The van der Waals surface area contributed by atoms with Crippen LogP contribution in [0.25, 0.3) is 0 Å². The lowest BCUT2D eigenvalue weighted by atomic mass is 10.3. The summed E-state index contributed by atoms with van der Waals surface area (Å²) in [5.74, 6) is 4.15. The zero-order valence-electron chi connectivity index (χ0n) is 7.73. The number of hydrogen-bond acceptors (Lipinski definition) is 5. The van der Waals surface area contributed by atoms with Gasteiger partial charge in [-0.15, -0.1) is 0 Å². The van der Waals surface area contributed by atoms with Crippen LogP contribution < -0.4 is 11.2 Å². The van der Waals surface area contributed by atoms with Crippen molar-refractivity contribution in [3.05, 3.63) is 0 Å². The Labute approximate surface area is 75.7 Å². The molecule has 0 aromatic heterocycles. The average molecular weight is 191 g/mol. The molecule has 0 aromatic carbocycles. The molecular weight excluding hydrogens is 178 g/mol. The van der Waals surface area contributed by atoms with Crippen molar-refractivity contribution in [3.8, 4) is 0 Å². The SMILES string of the molecule is CON(C)C(=O)C(C)NC(=O)ON. The second kappa shape index (κ2) is 5.33. The molecule has 1 unspecified atom stereocenters. The minimum Gasteiger partial charge on any atom is -0.357 e. The summed E-state index contributed by atoms with van der Waals surface area (Å²) in [4.78, 5) is 30.2. The first-order chi connectivity index (χ1) is 6.02. The zero-order chi connectivity index (χ0) is 10.4. The maximum absolute atomic E-state index is 11.2. The smallest absolute Gasteiger partial charge is 0.357 e. The normalized spacial score (nSPS) is 11.7. The van der Waals surface area contributed by atoms with Crippen LogP contribution >= 0.6 is 0 Å². The highest BCUT2D eigenvalue weighted by molar-refractivity contribution is 5.84. The second-order valence-corrected chi connectivity index (χ2v) is 2.29. The van der Waals surface area contributed by atoms with Gasteiger partial charge in [-0.1, -0.05) is 0 Å². The molecule has 0 bridgehead atoms. The van der Waals surface area contributed by atoms with Crippen molar-refractivity contribution < 1.29 is 19.3 Å². The van der Waals surface area contributed by atoms with Gasteiger partial charge >= 0.3 is 6.09 Å². The molecule has 0 spiro atoms. The van der Waals surface area contributed by atoms with Gasteiger partial charge in [-0.2, -0.15) is 5.90 Å². The standard InChI is InChI=1S/C6H13N3O4/c1-4(8-6(11)13-7)5(10)9(2)12-3/h4H,7H2,1-3H3,(H,8,11). The first kappa shape index (κ1) is 11.7. The highest BCUT2D eigenvalue weighted by Crippen LogP contribution is 1.91. The molecule has 0 aliphatic heterocycles. The van der Waals surface area contributed by atoms with Gasteiger partial charge in [0.15, 0.2) is 0 Å². The third-order valence-corrected chi connectivity index (χ3v) is 1.40. The van der Waals surface area contributed by atoms with Gasteiger partial charge < -0.3 is 10.2 Å². The van der Waals surface area contributed by atoms with Crippen molar-refractivity contribution >= 4 is 12.0 Å². The molecular formula is C6H13N3O4. The van der Waals surface area contributed by atoms with Crippen LogP contribution in [0.3, 0.4) is 0 Å². The monoisotopic (exact) mass is 191 g/mol. The fraction of sp³-hybridized carbons (Fsp3) is 0.667. The van der Waals surface area contributed by atoms with Crippen molar-refractivity contribution in [2.24, 2.45) is 5.90 Å². The Morgan fingerprint density at radius 2 is 2.08 bits per heavy atom. The van der Waals surface area contributed by atoms with E-state index in [-0.39, 0.29) is 0 Å². The van der Waals surface area contributed by atoms with E-state index < -0.39 is 18.0 Å². The number of amides is 2. The fourth-order valence-electron chi connectivity index (χ4n) is 0.635. The molecule has 0 aliphatic carbocycles. The summed E-state index contributed by atoms with van der Waals surface area (Å²) in [6.45, 7) is 1.48. The third-order valence-electron chi connectivity index (χ3n) is 1.40. The molecule has 7 heteroatoms. The maximum atomic E-state index is 11.2. The van der Waals surface area contributed by atoms with E-state index in [1.807, 2.05) is 0 Å². The van der Waals surface area contributed by atoms with Crippen LogP contribution in [0.2, 0.25) is 0 Å². The quantitative estimate of drug-likeness (QED) is 0.558. The van der Waals surface area contributed by atoms with E-state index in [0.29, 0.717) is 0 Å². The third kappa shape index (κ3) is 3.72. The number of nitrogens with zero attached hydrogens (tertiary/aromatic N) is 1. The molecule has 0 radical (unpaired) electrons. The van der Waals surface area contributed by atoms with E-state index in [1.54, 1.807) is 0 Å². The molecule has 7 nitrogen and oxygen atoms in total. The van der Waals surface area contributed by atoms with E-state index in [4.69, 9.17) is 0 Å². The Kier molecular flexibility index (Phi) is 4.78. The van der Waals surface area contributed by atoms with Crippen LogP contribution in [0, 0.1) is 0 Å². The van der Waals surface area contributed by atoms with E-state index in [0.717, 1.165) is 5.06 Å². The Morgan fingerprint density at radius 1 is 1.54 bits per heavy atom. The molecule has 0 rings (SSSR count). The molecule has 13 heavy (non-hydrogen) atoms. The summed E-state index contributed by atoms with van der Waals surface area (Å²) < 4.78 is 0. The van der Waals surface area contributed by atoms with Crippen LogP contribution in [-0.4, -0.2) is 37.3 Å². The van der Waals surface area contributed by atoms with E-state index in [9.17, 15) is 9.59 Å².